The van der Waals surface area contributed by atoms with Gasteiger partial charge in [-0.2, -0.15) is 5.10 Å². The Bertz CT molecular complexity index is 1600. The van der Waals surface area contributed by atoms with E-state index in [4.69, 9.17) is 11.6 Å². The summed E-state index contributed by atoms with van der Waals surface area (Å²) in [4.78, 5) is 43.4. The van der Waals surface area contributed by atoms with Crippen LogP contribution in [0.25, 0.3) is 11.3 Å². The second kappa shape index (κ2) is 11.0. The number of benzene rings is 1. The molecule has 0 spiro atoms. The molecule has 1 saturated heterocycles. The molecule has 14 heteroatoms. The second-order valence-corrected chi connectivity index (χ2v) is 9.53. The maximum Gasteiger partial charge on any atom is 0.276 e. The lowest BCUT2D eigenvalue weighted by molar-refractivity contribution is -0.117. The molecule has 206 valence electrons. The van der Waals surface area contributed by atoms with Crippen LogP contribution in [0.3, 0.4) is 0 Å². The summed E-state index contributed by atoms with van der Waals surface area (Å²) in [5.74, 6) is -1.43. The van der Waals surface area contributed by atoms with Gasteiger partial charge in [-0.05, 0) is 26.3 Å². The smallest absolute Gasteiger partial charge is 0.276 e. The second-order valence-electron chi connectivity index (χ2n) is 9.12. The summed E-state index contributed by atoms with van der Waals surface area (Å²) in [7, 11) is 0. The van der Waals surface area contributed by atoms with Crippen LogP contribution in [0.5, 0.6) is 0 Å². The zero-order valence-corrected chi connectivity index (χ0v) is 22.0. The van der Waals surface area contributed by atoms with Gasteiger partial charge in [-0.15, -0.1) is 0 Å². The van der Waals surface area contributed by atoms with Crippen LogP contribution in [0.15, 0.2) is 43.1 Å². The van der Waals surface area contributed by atoms with Crippen molar-refractivity contribution < 1.29 is 22.8 Å². The highest BCUT2D eigenvalue weighted by Crippen LogP contribution is 2.35. The Morgan fingerprint density at radius 1 is 1.12 bits per heavy atom. The number of carbonyl (C=O) groups excluding carboxylic acids is 2. The zero-order chi connectivity index (χ0) is 28.6. The number of aromatic nitrogens is 6. The highest BCUT2D eigenvalue weighted by Gasteiger charge is 2.25. The van der Waals surface area contributed by atoms with Crippen molar-refractivity contribution in [3.63, 3.8) is 0 Å². The molecule has 10 nitrogen and oxygen atoms in total. The largest absolute Gasteiger partial charge is 0.318 e. The Hall–Kier alpha value is -4.39. The monoisotopic (exact) mass is 570 g/mol. The summed E-state index contributed by atoms with van der Waals surface area (Å²) in [5, 5.41) is 6.58. The molecule has 2 amide bonds. The van der Waals surface area contributed by atoms with Crippen molar-refractivity contribution in [2.75, 3.05) is 16.8 Å². The van der Waals surface area contributed by atoms with Crippen LogP contribution in [0.1, 0.15) is 59.5 Å². The molecule has 4 aromatic rings. The number of nitrogens with zero attached hydrogens (tertiary/aromatic N) is 7. The molecule has 0 saturated carbocycles. The molecule has 0 aliphatic carbocycles. The van der Waals surface area contributed by atoms with Crippen molar-refractivity contribution in [2.45, 2.75) is 39.2 Å². The van der Waals surface area contributed by atoms with Crippen molar-refractivity contribution >= 4 is 35.1 Å². The lowest BCUT2D eigenvalue weighted by Gasteiger charge is -2.15. The molecular formula is C26H22ClF3N8O2. The molecule has 1 aliphatic rings. The van der Waals surface area contributed by atoms with E-state index in [0.717, 1.165) is 30.3 Å². The molecule has 1 unspecified atom stereocenters. The summed E-state index contributed by atoms with van der Waals surface area (Å²) < 4.78 is 43.5. The zero-order valence-electron chi connectivity index (χ0n) is 21.3. The van der Waals surface area contributed by atoms with E-state index in [2.05, 4.69) is 30.4 Å². The third-order valence-electron chi connectivity index (χ3n) is 6.50. The highest BCUT2D eigenvalue weighted by molar-refractivity contribution is 6.31. The fourth-order valence-electron chi connectivity index (χ4n) is 4.30. The van der Waals surface area contributed by atoms with E-state index in [-0.39, 0.29) is 34.1 Å². The topological polar surface area (TPSA) is 119 Å². The molecule has 0 bridgehead atoms. The molecule has 4 heterocycles. The number of carbonyl (C=O) groups is 2. The lowest BCUT2D eigenvalue weighted by Crippen LogP contribution is -2.26. The number of alkyl halides is 2. The average molecular weight is 571 g/mol. The van der Waals surface area contributed by atoms with E-state index in [9.17, 15) is 22.8 Å². The number of aryl methyl sites for hydroxylation is 1. The van der Waals surface area contributed by atoms with Crippen LogP contribution in [-0.4, -0.2) is 48.1 Å². The van der Waals surface area contributed by atoms with Gasteiger partial charge in [0.05, 0.1) is 40.5 Å². The first kappa shape index (κ1) is 27.2. The van der Waals surface area contributed by atoms with Crippen LogP contribution in [0, 0.1) is 12.7 Å². The Morgan fingerprint density at radius 3 is 2.55 bits per heavy atom. The first-order valence-electron chi connectivity index (χ1n) is 12.2. The van der Waals surface area contributed by atoms with E-state index >= 15 is 0 Å². The Balaban J connectivity index is 1.34. The van der Waals surface area contributed by atoms with Crippen molar-refractivity contribution in [2.24, 2.45) is 0 Å². The third kappa shape index (κ3) is 5.24. The number of hydrogen-bond acceptors (Lipinski definition) is 7. The molecule has 1 atom stereocenters. The van der Waals surface area contributed by atoms with E-state index < -0.39 is 29.3 Å². The predicted molar refractivity (Wildman–Crippen MR) is 140 cm³/mol. The number of rotatable bonds is 7. The van der Waals surface area contributed by atoms with Crippen LogP contribution in [-0.2, 0) is 4.79 Å². The quantitative estimate of drug-likeness (QED) is 0.326. The Kier molecular flexibility index (Phi) is 7.48. The van der Waals surface area contributed by atoms with Crippen molar-refractivity contribution in [3.05, 3.63) is 76.5 Å². The molecule has 40 heavy (non-hydrogen) atoms. The number of anilines is 2. The van der Waals surface area contributed by atoms with E-state index in [1.807, 2.05) is 6.92 Å². The normalized spacial score (nSPS) is 14.2. The Labute approximate surface area is 231 Å². The van der Waals surface area contributed by atoms with Gasteiger partial charge < -0.3 is 5.32 Å². The van der Waals surface area contributed by atoms with Gasteiger partial charge in [-0.1, -0.05) is 17.7 Å². The molecule has 1 fully saturated rings. The van der Waals surface area contributed by atoms with Crippen LogP contribution in [0.4, 0.5) is 24.8 Å². The number of hydrogen-bond donors (Lipinski definition) is 1. The minimum Gasteiger partial charge on any atom is -0.318 e. The summed E-state index contributed by atoms with van der Waals surface area (Å²) in [6.45, 7) is 3.96. The van der Waals surface area contributed by atoms with Crippen molar-refractivity contribution in [3.8, 4) is 11.3 Å². The van der Waals surface area contributed by atoms with Gasteiger partial charge in [0.1, 0.15) is 5.69 Å². The molecule has 1 aliphatic heterocycles. The van der Waals surface area contributed by atoms with Crippen LogP contribution in [0.2, 0.25) is 5.02 Å². The van der Waals surface area contributed by atoms with E-state index in [1.165, 1.54) is 13.1 Å². The fraction of sp³-hybridized carbons (Fsp3) is 0.269. The molecule has 0 radical (unpaired) electrons. The first-order chi connectivity index (χ1) is 19.1. The van der Waals surface area contributed by atoms with Gasteiger partial charge in [0.25, 0.3) is 12.3 Å². The SMILES string of the molecule is Cc1ncc(-c2c(C(F)F)ccc(Cl)c2F)nc1C(=O)Nc1cnn(C(C)c2cnc(N3CCCC3=O)nc2)c1. The molecular weight excluding hydrogens is 549 g/mol. The standard InChI is InChI=1S/C26H22ClF3N8O2/c1-13-23(36-19(11-31-13)21-17(24(29)30)5-6-18(27)22(21)28)25(40)35-16-10-34-38(12-16)14(2)15-8-32-26(33-9-15)37-7-3-4-20(37)39/h5-6,8-12,14,24H,3-4,7H2,1-2H3,(H,35,40). The van der Waals surface area contributed by atoms with Gasteiger partial charge in [0.15, 0.2) is 5.82 Å². The minimum atomic E-state index is -3.00. The maximum atomic E-state index is 14.8. The van der Waals surface area contributed by atoms with Gasteiger partial charge in [-0.3, -0.25) is 24.2 Å². The molecule has 5 rings (SSSR count). The summed E-state index contributed by atoms with van der Waals surface area (Å²) in [5.41, 5.74) is -0.321. The van der Waals surface area contributed by atoms with Crippen molar-refractivity contribution in [1.82, 2.24) is 29.7 Å². The molecule has 3 aromatic heterocycles. The van der Waals surface area contributed by atoms with Gasteiger partial charge in [-0.25, -0.2) is 28.1 Å². The summed E-state index contributed by atoms with van der Waals surface area (Å²) in [6.07, 6.45) is 5.60. The number of halogens is 4. The summed E-state index contributed by atoms with van der Waals surface area (Å²) >= 11 is 5.82. The first-order valence-corrected chi connectivity index (χ1v) is 12.6. The van der Waals surface area contributed by atoms with E-state index in [0.29, 0.717) is 24.6 Å². The lowest BCUT2D eigenvalue weighted by atomic mass is 10.0. The predicted octanol–water partition coefficient (Wildman–Crippen LogP) is 5.16. The molecule has 1 aromatic carbocycles. The average Bonchev–Trinajstić information content (AvgIpc) is 3.59. The van der Waals surface area contributed by atoms with Gasteiger partial charge in [0, 0.05) is 48.2 Å². The maximum absolute atomic E-state index is 14.8. The van der Waals surface area contributed by atoms with Gasteiger partial charge >= 0.3 is 0 Å². The third-order valence-corrected chi connectivity index (χ3v) is 6.79. The summed E-state index contributed by atoms with van der Waals surface area (Å²) in [6, 6.07) is 1.73. The van der Waals surface area contributed by atoms with Crippen LogP contribution < -0.4 is 10.2 Å². The van der Waals surface area contributed by atoms with Crippen molar-refractivity contribution in [1.29, 1.82) is 0 Å². The minimum absolute atomic E-state index is 0.00844. The van der Waals surface area contributed by atoms with E-state index in [1.54, 1.807) is 28.2 Å². The number of amides is 2. The van der Waals surface area contributed by atoms with Gasteiger partial charge in [0.2, 0.25) is 11.9 Å². The van der Waals surface area contributed by atoms with Crippen LogP contribution >= 0.6 is 11.6 Å². The number of nitrogens with one attached hydrogen (secondary N) is 1. The Morgan fingerprint density at radius 2 is 1.88 bits per heavy atom. The highest BCUT2D eigenvalue weighted by atomic mass is 35.5. The molecule has 1 N–H and O–H groups in total. The fourth-order valence-corrected chi connectivity index (χ4v) is 4.45.